The number of nitrogens with zero attached hydrogens (tertiary/aromatic N) is 1. The van der Waals surface area contributed by atoms with Crippen molar-refractivity contribution in [3.8, 4) is 5.75 Å². The molecule has 1 aliphatic carbocycles. The minimum Gasteiger partial charge on any atom is -0.508 e. The van der Waals surface area contributed by atoms with E-state index in [-0.39, 0.29) is 17.6 Å². The zero-order valence-corrected chi connectivity index (χ0v) is 11.4. The standard InChI is InChI=1S/C15H22N2O2/c1-2-17(12-6-4-7-13(18)9-12)15(19)14-8-3-5-11(14)10-16/h4,6-7,9,11,14,18H,2-3,5,8,10,16H2,1H3. The number of nitrogens with two attached hydrogens (primary N) is 1. The van der Waals surface area contributed by atoms with Crippen molar-refractivity contribution in [1.82, 2.24) is 0 Å². The maximum atomic E-state index is 12.6. The summed E-state index contributed by atoms with van der Waals surface area (Å²) >= 11 is 0. The normalized spacial score (nSPS) is 22.4. The van der Waals surface area contributed by atoms with Crippen LogP contribution in [0.5, 0.6) is 5.75 Å². The first-order chi connectivity index (χ1) is 9.17. The minimum absolute atomic E-state index is 0.0345. The van der Waals surface area contributed by atoms with Gasteiger partial charge in [0, 0.05) is 24.2 Å². The quantitative estimate of drug-likeness (QED) is 0.873. The number of amides is 1. The first kappa shape index (κ1) is 13.9. The van der Waals surface area contributed by atoms with Crippen LogP contribution in [-0.4, -0.2) is 24.1 Å². The predicted octanol–water partition coefficient (Wildman–Crippen LogP) is 2.12. The number of anilines is 1. The lowest BCUT2D eigenvalue weighted by Gasteiger charge is -2.27. The van der Waals surface area contributed by atoms with Crippen LogP contribution in [0.25, 0.3) is 0 Å². The third-order valence-electron chi connectivity index (χ3n) is 4.00. The SMILES string of the molecule is CCN(C(=O)C1CCCC1CN)c1cccc(O)c1. The summed E-state index contributed by atoms with van der Waals surface area (Å²) in [6, 6.07) is 6.86. The van der Waals surface area contributed by atoms with Crippen LogP contribution in [-0.2, 0) is 4.79 Å². The molecule has 0 heterocycles. The Morgan fingerprint density at radius 1 is 1.47 bits per heavy atom. The monoisotopic (exact) mass is 262 g/mol. The second-order valence-corrected chi connectivity index (χ2v) is 5.14. The van der Waals surface area contributed by atoms with Crippen LogP contribution in [0, 0.1) is 11.8 Å². The van der Waals surface area contributed by atoms with Gasteiger partial charge in [-0.05, 0) is 44.4 Å². The van der Waals surface area contributed by atoms with Crippen LogP contribution >= 0.6 is 0 Å². The van der Waals surface area contributed by atoms with E-state index in [9.17, 15) is 9.90 Å². The third-order valence-corrected chi connectivity index (χ3v) is 4.00. The van der Waals surface area contributed by atoms with Gasteiger partial charge in [0.15, 0.2) is 0 Å². The second kappa shape index (κ2) is 6.06. The second-order valence-electron chi connectivity index (χ2n) is 5.14. The molecule has 2 atom stereocenters. The number of hydrogen-bond acceptors (Lipinski definition) is 3. The molecule has 2 unspecified atom stereocenters. The Morgan fingerprint density at radius 3 is 2.89 bits per heavy atom. The van der Waals surface area contributed by atoms with E-state index < -0.39 is 0 Å². The van der Waals surface area contributed by atoms with Crippen molar-refractivity contribution in [3.63, 3.8) is 0 Å². The Morgan fingerprint density at radius 2 is 2.26 bits per heavy atom. The number of benzene rings is 1. The number of carbonyl (C=O) groups excluding carboxylic acids is 1. The zero-order valence-electron chi connectivity index (χ0n) is 11.4. The lowest BCUT2D eigenvalue weighted by atomic mass is 9.94. The van der Waals surface area contributed by atoms with Gasteiger partial charge in [0.25, 0.3) is 0 Å². The van der Waals surface area contributed by atoms with Crippen molar-refractivity contribution in [2.45, 2.75) is 26.2 Å². The van der Waals surface area contributed by atoms with Gasteiger partial charge < -0.3 is 15.7 Å². The molecule has 1 aromatic rings. The topological polar surface area (TPSA) is 66.6 Å². The van der Waals surface area contributed by atoms with E-state index in [1.54, 1.807) is 23.1 Å². The summed E-state index contributed by atoms with van der Waals surface area (Å²) in [5.74, 6) is 0.665. The number of phenols is 1. The van der Waals surface area contributed by atoms with Crippen LogP contribution in [0.3, 0.4) is 0 Å². The van der Waals surface area contributed by atoms with Crippen molar-refractivity contribution < 1.29 is 9.90 Å². The Labute approximate surface area is 114 Å². The molecule has 1 saturated carbocycles. The summed E-state index contributed by atoms with van der Waals surface area (Å²) in [7, 11) is 0. The summed E-state index contributed by atoms with van der Waals surface area (Å²) in [6.45, 7) is 3.14. The molecule has 0 radical (unpaired) electrons. The Kier molecular flexibility index (Phi) is 4.43. The Balaban J connectivity index is 2.19. The first-order valence-corrected chi connectivity index (χ1v) is 6.97. The van der Waals surface area contributed by atoms with Crippen molar-refractivity contribution in [2.75, 3.05) is 18.0 Å². The van der Waals surface area contributed by atoms with Gasteiger partial charge in [0.05, 0.1) is 0 Å². The molecule has 19 heavy (non-hydrogen) atoms. The summed E-state index contributed by atoms with van der Waals surface area (Å²) in [6.07, 6.45) is 3.05. The summed E-state index contributed by atoms with van der Waals surface area (Å²) < 4.78 is 0. The minimum atomic E-state index is 0.0345. The number of aromatic hydroxyl groups is 1. The average molecular weight is 262 g/mol. The number of rotatable bonds is 4. The summed E-state index contributed by atoms with van der Waals surface area (Å²) in [5.41, 5.74) is 6.52. The van der Waals surface area contributed by atoms with E-state index >= 15 is 0 Å². The molecule has 4 heteroatoms. The number of hydrogen-bond donors (Lipinski definition) is 2. The molecule has 0 spiro atoms. The molecule has 0 aliphatic heterocycles. The van der Waals surface area contributed by atoms with Crippen LogP contribution < -0.4 is 10.6 Å². The smallest absolute Gasteiger partial charge is 0.230 e. The first-order valence-electron chi connectivity index (χ1n) is 6.97. The summed E-state index contributed by atoms with van der Waals surface area (Å²) in [4.78, 5) is 14.4. The van der Waals surface area contributed by atoms with E-state index in [2.05, 4.69) is 0 Å². The molecule has 104 valence electrons. The highest BCUT2D eigenvalue weighted by Gasteiger charge is 2.34. The van der Waals surface area contributed by atoms with Gasteiger partial charge >= 0.3 is 0 Å². The van der Waals surface area contributed by atoms with Gasteiger partial charge in [0.2, 0.25) is 5.91 Å². The molecule has 4 nitrogen and oxygen atoms in total. The molecular weight excluding hydrogens is 240 g/mol. The van der Waals surface area contributed by atoms with E-state index in [0.29, 0.717) is 19.0 Å². The molecule has 0 saturated heterocycles. The molecule has 0 bridgehead atoms. The van der Waals surface area contributed by atoms with Crippen molar-refractivity contribution >= 4 is 11.6 Å². The van der Waals surface area contributed by atoms with Gasteiger partial charge in [-0.25, -0.2) is 0 Å². The largest absolute Gasteiger partial charge is 0.508 e. The Bertz CT molecular complexity index is 448. The van der Waals surface area contributed by atoms with Crippen molar-refractivity contribution in [1.29, 1.82) is 0 Å². The molecule has 1 amide bonds. The molecule has 0 aromatic heterocycles. The highest BCUT2D eigenvalue weighted by atomic mass is 16.3. The van der Waals surface area contributed by atoms with Crippen molar-refractivity contribution in [2.24, 2.45) is 17.6 Å². The van der Waals surface area contributed by atoms with Crippen LogP contribution in [0.15, 0.2) is 24.3 Å². The molecule has 2 rings (SSSR count). The van der Waals surface area contributed by atoms with E-state index in [4.69, 9.17) is 5.73 Å². The van der Waals surface area contributed by atoms with Gasteiger partial charge in [0.1, 0.15) is 5.75 Å². The van der Waals surface area contributed by atoms with E-state index in [0.717, 1.165) is 24.9 Å². The highest BCUT2D eigenvalue weighted by molar-refractivity contribution is 5.95. The summed E-state index contributed by atoms with van der Waals surface area (Å²) in [5, 5.41) is 9.54. The van der Waals surface area contributed by atoms with Crippen LogP contribution in [0.1, 0.15) is 26.2 Å². The van der Waals surface area contributed by atoms with Crippen molar-refractivity contribution in [3.05, 3.63) is 24.3 Å². The van der Waals surface area contributed by atoms with E-state index in [1.165, 1.54) is 0 Å². The maximum absolute atomic E-state index is 12.6. The molecular formula is C15H22N2O2. The molecule has 1 fully saturated rings. The average Bonchev–Trinajstić information content (AvgIpc) is 2.87. The number of phenolic OH excluding ortho intramolecular Hbond substituents is 1. The van der Waals surface area contributed by atoms with Gasteiger partial charge in [-0.3, -0.25) is 4.79 Å². The predicted molar refractivity (Wildman–Crippen MR) is 76.0 cm³/mol. The third kappa shape index (κ3) is 2.89. The molecule has 3 N–H and O–H groups in total. The highest BCUT2D eigenvalue weighted by Crippen LogP contribution is 2.34. The number of carbonyl (C=O) groups is 1. The Hall–Kier alpha value is -1.55. The fourth-order valence-electron chi connectivity index (χ4n) is 2.97. The van der Waals surface area contributed by atoms with Crippen LogP contribution in [0.4, 0.5) is 5.69 Å². The van der Waals surface area contributed by atoms with Gasteiger partial charge in [-0.15, -0.1) is 0 Å². The molecule has 1 aliphatic rings. The van der Waals surface area contributed by atoms with Gasteiger partial charge in [-0.1, -0.05) is 12.5 Å². The lowest BCUT2D eigenvalue weighted by Crippen LogP contribution is -2.39. The lowest BCUT2D eigenvalue weighted by molar-refractivity contribution is -0.123. The molecule has 1 aromatic carbocycles. The zero-order chi connectivity index (χ0) is 13.8. The van der Waals surface area contributed by atoms with Gasteiger partial charge in [-0.2, -0.15) is 0 Å². The fraction of sp³-hybridized carbons (Fsp3) is 0.533. The van der Waals surface area contributed by atoms with E-state index in [1.807, 2.05) is 13.0 Å². The fourth-order valence-corrected chi connectivity index (χ4v) is 2.97. The maximum Gasteiger partial charge on any atom is 0.230 e. The van der Waals surface area contributed by atoms with Crippen LogP contribution in [0.2, 0.25) is 0 Å².